The van der Waals surface area contributed by atoms with E-state index in [1.807, 2.05) is 25.7 Å². The standard InChI is InChI=1S/C19H31N5O3/c1-19(2,3)15-13-16(22-27-15)21-18(26)24-10-6-9-23(11-12-24)17(25)20-14-7-4-5-8-14/h13-14H,4-12H2,1-3H3,(H,20,25)(H,21,22,26). The fourth-order valence-corrected chi connectivity index (χ4v) is 3.54. The Hall–Kier alpha value is -2.25. The maximum atomic E-state index is 12.5. The van der Waals surface area contributed by atoms with Crippen molar-refractivity contribution in [2.24, 2.45) is 0 Å². The number of hydrogen-bond acceptors (Lipinski definition) is 4. The zero-order chi connectivity index (χ0) is 19.4. The number of hydrogen-bond donors (Lipinski definition) is 2. The van der Waals surface area contributed by atoms with Crippen molar-refractivity contribution >= 4 is 17.9 Å². The Morgan fingerprint density at radius 1 is 1.04 bits per heavy atom. The number of amides is 4. The topological polar surface area (TPSA) is 90.7 Å². The van der Waals surface area contributed by atoms with Crippen LogP contribution >= 0.6 is 0 Å². The second kappa shape index (κ2) is 8.19. The Kier molecular flexibility index (Phi) is 5.92. The molecule has 2 N–H and O–H groups in total. The molecule has 2 aliphatic rings. The number of carbonyl (C=O) groups is 2. The summed E-state index contributed by atoms with van der Waals surface area (Å²) in [6.07, 6.45) is 5.29. The number of carbonyl (C=O) groups excluding carboxylic acids is 2. The SMILES string of the molecule is CC(C)(C)c1cc(NC(=O)N2CCCN(C(=O)NC3CCCC3)CC2)no1. The highest BCUT2D eigenvalue weighted by atomic mass is 16.5. The largest absolute Gasteiger partial charge is 0.359 e. The third-order valence-corrected chi connectivity index (χ3v) is 5.24. The summed E-state index contributed by atoms with van der Waals surface area (Å²) >= 11 is 0. The van der Waals surface area contributed by atoms with Crippen LogP contribution < -0.4 is 10.6 Å². The Labute approximate surface area is 160 Å². The van der Waals surface area contributed by atoms with Crippen LogP contribution in [0.1, 0.15) is 58.6 Å². The lowest BCUT2D eigenvalue weighted by Gasteiger charge is -2.24. The van der Waals surface area contributed by atoms with Gasteiger partial charge in [0.15, 0.2) is 5.82 Å². The number of rotatable bonds is 2. The van der Waals surface area contributed by atoms with E-state index in [1.165, 1.54) is 12.8 Å². The predicted octanol–water partition coefficient (Wildman–Crippen LogP) is 3.16. The van der Waals surface area contributed by atoms with Gasteiger partial charge in [-0.2, -0.15) is 0 Å². The molecule has 4 amide bonds. The van der Waals surface area contributed by atoms with Crippen molar-refractivity contribution in [1.29, 1.82) is 0 Å². The second-order valence-electron chi connectivity index (χ2n) is 8.52. The average Bonchev–Trinajstić information content (AvgIpc) is 3.21. The van der Waals surface area contributed by atoms with E-state index >= 15 is 0 Å². The highest BCUT2D eigenvalue weighted by molar-refractivity contribution is 5.88. The first-order valence-corrected chi connectivity index (χ1v) is 9.91. The molecule has 150 valence electrons. The normalized spacial score (nSPS) is 19.1. The summed E-state index contributed by atoms with van der Waals surface area (Å²) < 4.78 is 5.31. The van der Waals surface area contributed by atoms with Gasteiger partial charge in [-0.25, -0.2) is 9.59 Å². The smallest absolute Gasteiger partial charge is 0.323 e. The van der Waals surface area contributed by atoms with Crippen LogP contribution in [0.3, 0.4) is 0 Å². The van der Waals surface area contributed by atoms with Crippen molar-refractivity contribution in [1.82, 2.24) is 20.3 Å². The summed E-state index contributed by atoms with van der Waals surface area (Å²) in [5, 5.41) is 9.85. The molecule has 0 spiro atoms. The Morgan fingerprint density at radius 3 is 2.26 bits per heavy atom. The van der Waals surface area contributed by atoms with Gasteiger partial charge in [-0.15, -0.1) is 0 Å². The maximum absolute atomic E-state index is 12.5. The quantitative estimate of drug-likeness (QED) is 0.828. The molecular formula is C19H31N5O3. The monoisotopic (exact) mass is 377 g/mol. The van der Waals surface area contributed by atoms with Gasteiger partial charge in [0.25, 0.3) is 0 Å². The number of aromatic nitrogens is 1. The van der Waals surface area contributed by atoms with Crippen LogP contribution in [-0.4, -0.2) is 59.2 Å². The molecule has 27 heavy (non-hydrogen) atoms. The molecule has 2 fully saturated rings. The molecule has 0 aromatic carbocycles. The lowest BCUT2D eigenvalue weighted by molar-refractivity contribution is 0.192. The van der Waals surface area contributed by atoms with Crippen LogP contribution in [0.4, 0.5) is 15.4 Å². The lowest BCUT2D eigenvalue weighted by Crippen LogP contribution is -2.46. The van der Waals surface area contributed by atoms with E-state index < -0.39 is 0 Å². The Bertz CT molecular complexity index is 661. The van der Waals surface area contributed by atoms with Crippen molar-refractivity contribution in [3.8, 4) is 0 Å². The minimum absolute atomic E-state index is 0.00419. The molecule has 2 heterocycles. The Morgan fingerprint density at radius 2 is 1.67 bits per heavy atom. The van der Waals surface area contributed by atoms with Gasteiger partial charge in [-0.1, -0.05) is 38.8 Å². The zero-order valence-corrected chi connectivity index (χ0v) is 16.6. The molecule has 8 heteroatoms. The van der Waals surface area contributed by atoms with Gasteiger partial charge in [0.2, 0.25) is 0 Å². The average molecular weight is 377 g/mol. The minimum atomic E-state index is -0.207. The molecule has 0 radical (unpaired) electrons. The molecule has 8 nitrogen and oxygen atoms in total. The number of nitrogens with one attached hydrogen (secondary N) is 2. The third-order valence-electron chi connectivity index (χ3n) is 5.24. The first kappa shape index (κ1) is 19.5. The molecule has 1 aromatic heterocycles. The van der Waals surface area contributed by atoms with Gasteiger partial charge in [-0.3, -0.25) is 5.32 Å². The third kappa shape index (κ3) is 5.14. The minimum Gasteiger partial charge on any atom is -0.359 e. The van der Waals surface area contributed by atoms with Gasteiger partial charge in [0.1, 0.15) is 5.76 Å². The van der Waals surface area contributed by atoms with Gasteiger partial charge >= 0.3 is 12.1 Å². The van der Waals surface area contributed by atoms with E-state index in [-0.39, 0.29) is 17.5 Å². The first-order chi connectivity index (χ1) is 12.8. The van der Waals surface area contributed by atoms with E-state index in [9.17, 15) is 9.59 Å². The van der Waals surface area contributed by atoms with E-state index in [0.29, 0.717) is 38.0 Å². The highest BCUT2D eigenvalue weighted by Crippen LogP contribution is 2.24. The number of urea groups is 2. The van der Waals surface area contributed by atoms with Crippen LogP contribution in [0.25, 0.3) is 0 Å². The number of anilines is 1. The van der Waals surface area contributed by atoms with Crippen molar-refractivity contribution in [3.63, 3.8) is 0 Å². The first-order valence-electron chi connectivity index (χ1n) is 9.91. The Balaban J connectivity index is 1.50. The van der Waals surface area contributed by atoms with Crippen LogP contribution in [-0.2, 0) is 5.41 Å². The van der Waals surface area contributed by atoms with Crippen molar-refractivity contribution < 1.29 is 14.1 Å². The van der Waals surface area contributed by atoms with Gasteiger partial charge < -0.3 is 19.6 Å². The predicted molar refractivity (Wildman–Crippen MR) is 103 cm³/mol. The van der Waals surface area contributed by atoms with Gasteiger partial charge in [-0.05, 0) is 19.3 Å². The summed E-state index contributed by atoms with van der Waals surface area (Å²) in [5.41, 5.74) is -0.161. The van der Waals surface area contributed by atoms with E-state index in [0.717, 1.165) is 25.0 Å². The molecule has 1 aromatic rings. The van der Waals surface area contributed by atoms with E-state index in [1.54, 1.807) is 11.0 Å². The summed E-state index contributed by atoms with van der Waals surface area (Å²) in [6, 6.07) is 1.86. The maximum Gasteiger partial charge on any atom is 0.323 e. The summed E-state index contributed by atoms with van der Waals surface area (Å²) in [5.74, 6) is 1.15. The summed E-state index contributed by atoms with van der Waals surface area (Å²) in [7, 11) is 0. The molecule has 1 aliphatic carbocycles. The molecule has 1 saturated heterocycles. The molecular weight excluding hydrogens is 346 g/mol. The van der Waals surface area contributed by atoms with E-state index in [2.05, 4.69) is 15.8 Å². The van der Waals surface area contributed by atoms with Crippen molar-refractivity contribution in [2.45, 2.75) is 64.3 Å². The summed E-state index contributed by atoms with van der Waals surface area (Å²) in [6.45, 7) is 8.41. The molecule has 1 aliphatic heterocycles. The molecule has 0 unspecified atom stereocenters. The lowest BCUT2D eigenvalue weighted by atomic mass is 9.93. The van der Waals surface area contributed by atoms with Crippen molar-refractivity contribution in [2.75, 3.05) is 31.5 Å². The fourth-order valence-electron chi connectivity index (χ4n) is 3.54. The molecule has 0 bridgehead atoms. The molecule has 3 rings (SSSR count). The van der Waals surface area contributed by atoms with Gasteiger partial charge in [0.05, 0.1) is 0 Å². The summed E-state index contributed by atoms with van der Waals surface area (Å²) in [4.78, 5) is 28.5. The highest BCUT2D eigenvalue weighted by Gasteiger charge is 2.26. The van der Waals surface area contributed by atoms with Crippen LogP contribution in [0, 0.1) is 0 Å². The van der Waals surface area contributed by atoms with Crippen LogP contribution in [0.2, 0.25) is 0 Å². The molecule has 0 atom stereocenters. The van der Waals surface area contributed by atoms with Crippen molar-refractivity contribution in [3.05, 3.63) is 11.8 Å². The fraction of sp³-hybridized carbons (Fsp3) is 0.737. The van der Waals surface area contributed by atoms with Crippen LogP contribution in [0.15, 0.2) is 10.6 Å². The second-order valence-corrected chi connectivity index (χ2v) is 8.52. The molecule has 1 saturated carbocycles. The van der Waals surface area contributed by atoms with E-state index in [4.69, 9.17) is 4.52 Å². The zero-order valence-electron chi connectivity index (χ0n) is 16.6. The van der Waals surface area contributed by atoms with Gasteiger partial charge in [0, 0.05) is 43.7 Å². The van der Waals surface area contributed by atoms with Crippen LogP contribution in [0.5, 0.6) is 0 Å². The number of nitrogens with zero attached hydrogens (tertiary/aromatic N) is 3.